The highest BCUT2D eigenvalue weighted by Gasteiger charge is 2.31. The molecule has 1 aromatic rings. The number of nitrogens with two attached hydrogens (primary N) is 1. The van der Waals surface area contributed by atoms with Gasteiger partial charge >= 0.3 is 5.97 Å². The fourth-order valence-electron chi connectivity index (χ4n) is 2.61. The number of hydrogen-bond acceptors (Lipinski definition) is 4. The van der Waals surface area contributed by atoms with Crippen molar-refractivity contribution in [2.45, 2.75) is 25.9 Å². The molecule has 1 aliphatic heterocycles. The molecular weight excluding hydrogens is 240 g/mol. The molecule has 2 N–H and O–H groups in total. The molecular formula is C15H22N2O2. The van der Waals surface area contributed by atoms with Gasteiger partial charge in [-0.3, -0.25) is 9.69 Å². The minimum Gasteiger partial charge on any atom is -0.466 e. The molecule has 19 heavy (non-hydrogen) atoms. The van der Waals surface area contributed by atoms with Crippen LogP contribution in [-0.4, -0.2) is 36.6 Å². The Morgan fingerprint density at radius 3 is 2.79 bits per heavy atom. The van der Waals surface area contributed by atoms with E-state index in [9.17, 15) is 4.79 Å². The minimum absolute atomic E-state index is 0.0631. The third-order valence-electron chi connectivity index (χ3n) is 3.55. The highest BCUT2D eigenvalue weighted by Crippen LogP contribution is 2.21. The van der Waals surface area contributed by atoms with Gasteiger partial charge in [-0.15, -0.1) is 0 Å². The van der Waals surface area contributed by atoms with Gasteiger partial charge in [0.05, 0.1) is 13.0 Å². The van der Waals surface area contributed by atoms with Crippen LogP contribution in [0.1, 0.15) is 18.9 Å². The Morgan fingerprint density at radius 1 is 1.37 bits per heavy atom. The molecule has 1 heterocycles. The first-order chi connectivity index (χ1) is 9.19. The zero-order chi connectivity index (χ0) is 13.7. The van der Waals surface area contributed by atoms with Gasteiger partial charge in [0.1, 0.15) is 0 Å². The van der Waals surface area contributed by atoms with Crippen molar-refractivity contribution in [2.75, 3.05) is 19.7 Å². The van der Waals surface area contributed by atoms with Crippen molar-refractivity contribution in [1.29, 1.82) is 0 Å². The number of benzene rings is 1. The van der Waals surface area contributed by atoms with E-state index in [-0.39, 0.29) is 17.9 Å². The van der Waals surface area contributed by atoms with Crippen LogP contribution in [0.2, 0.25) is 0 Å². The van der Waals surface area contributed by atoms with Crippen molar-refractivity contribution in [1.82, 2.24) is 4.90 Å². The summed E-state index contributed by atoms with van der Waals surface area (Å²) >= 11 is 0. The van der Waals surface area contributed by atoms with Gasteiger partial charge in [-0.2, -0.15) is 0 Å². The van der Waals surface area contributed by atoms with E-state index in [1.54, 1.807) is 0 Å². The number of hydrogen-bond donors (Lipinski definition) is 1. The van der Waals surface area contributed by atoms with Crippen LogP contribution in [0.25, 0.3) is 0 Å². The third kappa shape index (κ3) is 4.04. The number of carbonyl (C=O) groups excluding carboxylic acids is 1. The molecule has 0 radical (unpaired) electrons. The Labute approximate surface area is 114 Å². The molecule has 1 aromatic carbocycles. The molecule has 1 saturated heterocycles. The number of carbonyl (C=O) groups is 1. The Kier molecular flexibility index (Phi) is 4.93. The lowest BCUT2D eigenvalue weighted by atomic mass is 10.0. The predicted molar refractivity (Wildman–Crippen MR) is 74.4 cm³/mol. The predicted octanol–water partition coefficient (Wildman–Crippen LogP) is 1.40. The summed E-state index contributed by atoms with van der Waals surface area (Å²) in [6.07, 6.45) is 0.431. The van der Waals surface area contributed by atoms with Gasteiger partial charge in [0.15, 0.2) is 0 Å². The first kappa shape index (κ1) is 14.0. The van der Waals surface area contributed by atoms with E-state index in [0.717, 1.165) is 19.6 Å². The summed E-state index contributed by atoms with van der Waals surface area (Å²) in [6, 6.07) is 10.4. The fraction of sp³-hybridized carbons (Fsp3) is 0.533. The summed E-state index contributed by atoms with van der Waals surface area (Å²) in [6.45, 7) is 4.88. The molecule has 0 amide bonds. The third-order valence-corrected chi connectivity index (χ3v) is 3.55. The van der Waals surface area contributed by atoms with Gasteiger partial charge in [-0.05, 0) is 18.4 Å². The molecule has 1 unspecified atom stereocenters. The van der Waals surface area contributed by atoms with Gasteiger partial charge < -0.3 is 10.5 Å². The Balaban J connectivity index is 1.85. The number of rotatable bonds is 5. The SMILES string of the molecule is CCOC(=O)C[C@H]1CN(Cc2ccccc2)CC1N. The zero-order valence-corrected chi connectivity index (χ0v) is 11.4. The van der Waals surface area contributed by atoms with Gasteiger partial charge in [0.25, 0.3) is 0 Å². The van der Waals surface area contributed by atoms with Crippen LogP contribution in [0.4, 0.5) is 0 Å². The number of nitrogens with zero attached hydrogens (tertiary/aromatic N) is 1. The van der Waals surface area contributed by atoms with Crippen LogP contribution in [0.3, 0.4) is 0 Å². The topological polar surface area (TPSA) is 55.6 Å². The van der Waals surface area contributed by atoms with E-state index in [4.69, 9.17) is 10.5 Å². The van der Waals surface area contributed by atoms with Crippen LogP contribution >= 0.6 is 0 Å². The largest absolute Gasteiger partial charge is 0.466 e. The second-order valence-electron chi connectivity index (χ2n) is 5.11. The maximum atomic E-state index is 11.5. The number of esters is 1. The van der Waals surface area contributed by atoms with Crippen molar-refractivity contribution in [3.05, 3.63) is 35.9 Å². The lowest BCUT2D eigenvalue weighted by molar-refractivity contribution is -0.144. The first-order valence-electron chi connectivity index (χ1n) is 6.86. The molecule has 0 saturated carbocycles. The molecule has 0 aliphatic carbocycles. The quantitative estimate of drug-likeness (QED) is 0.815. The van der Waals surface area contributed by atoms with Crippen molar-refractivity contribution in [2.24, 2.45) is 11.7 Å². The lowest BCUT2D eigenvalue weighted by Gasteiger charge is -2.15. The van der Waals surface area contributed by atoms with Gasteiger partial charge in [-0.25, -0.2) is 0 Å². The van der Waals surface area contributed by atoms with Crippen LogP contribution in [0, 0.1) is 5.92 Å². The van der Waals surface area contributed by atoms with E-state index < -0.39 is 0 Å². The Hall–Kier alpha value is -1.39. The van der Waals surface area contributed by atoms with E-state index >= 15 is 0 Å². The molecule has 0 bridgehead atoms. The van der Waals surface area contributed by atoms with E-state index in [1.165, 1.54) is 5.56 Å². The average Bonchev–Trinajstić information content (AvgIpc) is 2.71. The minimum atomic E-state index is -0.135. The van der Waals surface area contributed by atoms with Crippen LogP contribution in [0.15, 0.2) is 30.3 Å². The Morgan fingerprint density at radius 2 is 2.11 bits per heavy atom. The second-order valence-corrected chi connectivity index (χ2v) is 5.11. The summed E-state index contributed by atoms with van der Waals surface area (Å²) in [4.78, 5) is 13.8. The van der Waals surface area contributed by atoms with E-state index in [0.29, 0.717) is 13.0 Å². The highest BCUT2D eigenvalue weighted by molar-refractivity contribution is 5.69. The average molecular weight is 262 g/mol. The van der Waals surface area contributed by atoms with E-state index in [1.807, 2.05) is 25.1 Å². The maximum Gasteiger partial charge on any atom is 0.306 e. The number of likely N-dealkylation sites (tertiary alicyclic amines) is 1. The standard InChI is InChI=1S/C15H22N2O2/c1-2-19-15(18)8-13-10-17(11-14(13)16)9-12-6-4-3-5-7-12/h3-7,13-14H,2,8-11,16H2,1H3/t13-,14?/m0/s1. The van der Waals surface area contributed by atoms with Crippen molar-refractivity contribution < 1.29 is 9.53 Å². The summed E-state index contributed by atoms with van der Waals surface area (Å²) in [5, 5.41) is 0. The van der Waals surface area contributed by atoms with Crippen LogP contribution < -0.4 is 5.73 Å². The van der Waals surface area contributed by atoms with Crippen molar-refractivity contribution in [3.63, 3.8) is 0 Å². The van der Waals surface area contributed by atoms with Crippen LogP contribution in [0.5, 0.6) is 0 Å². The van der Waals surface area contributed by atoms with Gasteiger partial charge in [0, 0.05) is 25.7 Å². The Bertz CT molecular complexity index is 408. The zero-order valence-electron chi connectivity index (χ0n) is 11.4. The molecule has 0 spiro atoms. The monoisotopic (exact) mass is 262 g/mol. The lowest BCUT2D eigenvalue weighted by Crippen LogP contribution is -2.31. The second kappa shape index (κ2) is 6.68. The van der Waals surface area contributed by atoms with Crippen molar-refractivity contribution >= 4 is 5.97 Å². The molecule has 0 aromatic heterocycles. The normalized spacial score (nSPS) is 23.5. The summed E-state index contributed by atoms with van der Waals surface area (Å²) in [7, 11) is 0. The number of ether oxygens (including phenoxy) is 1. The van der Waals surface area contributed by atoms with Crippen molar-refractivity contribution in [3.8, 4) is 0 Å². The summed E-state index contributed by atoms with van der Waals surface area (Å²) < 4.78 is 4.99. The maximum absolute atomic E-state index is 11.5. The molecule has 4 heteroatoms. The van der Waals surface area contributed by atoms with Crippen LogP contribution in [-0.2, 0) is 16.1 Å². The molecule has 2 rings (SSSR count). The van der Waals surface area contributed by atoms with Gasteiger partial charge in [0.2, 0.25) is 0 Å². The molecule has 4 nitrogen and oxygen atoms in total. The fourth-order valence-corrected chi connectivity index (χ4v) is 2.61. The summed E-state index contributed by atoms with van der Waals surface area (Å²) in [5.74, 6) is 0.0762. The van der Waals surface area contributed by atoms with E-state index in [2.05, 4.69) is 17.0 Å². The smallest absolute Gasteiger partial charge is 0.306 e. The molecule has 1 fully saturated rings. The summed E-state index contributed by atoms with van der Waals surface area (Å²) in [5.41, 5.74) is 7.40. The molecule has 104 valence electrons. The first-order valence-corrected chi connectivity index (χ1v) is 6.86. The molecule has 1 aliphatic rings. The molecule has 2 atom stereocenters. The highest BCUT2D eigenvalue weighted by atomic mass is 16.5. The van der Waals surface area contributed by atoms with Gasteiger partial charge in [-0.1, -0.05) is 30.3 Å².